The van der Waals surface area contributed by atoms with Crippen LogP contribution in [0, 0.1) is 6.92 Å². The third kappa shape index (κ3) is 3.75. The number of methoxy groups -OCH3 is 1. The van der Waals surface area contributed by atoms with E-state index >= 15 is 0 Å². The molecule has 0 heterocycles. The molecule has 4 heteroatoms. The van der Waals surface area contributed by atoms with E-state index in [0.29, 0.717) is 12.2 Å². The molecule has 2 N–H and O–H groups in total. The molecule has 94 valence electrons. The van der Waals surface area contributed by atoms with Gasteiger partial charge in [0, 0.05) is 12.7 Å². The molecule has 0 spiro atoms. The van der Waals surface area contributed by atoms with Gasteiger partial charge in [0.15, 0.2) is 0 Å². The first-order chi connectivity index (χ1) is 8.08. The molecule has 0 bridgehead atoms. The second-order valence-electron chi connectivity index (χ2n) is 4.03. The molecule has 1 aromatic rings. The quantitative estimate of drug-likeness (QED) is 0.821. The summed E-state index contributed by atoms with van der Waals surface area (Å²) >= 11 is 0. The number of rotatable bonds is 5. The van der Waals surface area contributed by atoms with Crippen molar-refractivity contribution in [3.63, 3.8) is 0 Å². The Labute approximate surface area is 102 Å². The third-order valence-electron chi connectivity index (χ3n) is 2.65. The smallest absolute Gasteiger partial charge is 0.251 e. The van der Waals surface area contributed by atoms with E-state index < -0.39 is 0 Å². The van der Waals surface area contributed by atoms with Crippen LogP contribution < -0.4 is 5.32 Å². The number of carbonyl (C=O) groups excluding carboxylic acids is 1. The zero-order chi connectivity index (χ0) is 12.8. The van der Waals surface area contributed by atoms with Crippen molar-refractivity contribution in [2.75, 3.05) is 13.7 Å². The lowest BCUT2D eigenvalue weighted by molar-refractivity contribution is 0.0894. The Morgan fingerprint density at radius 1 is 1.53 bits per heavy atom. The summed E-state index contributed by atoms with van der Waals surface area (Å²) in [6.07, 6.45) is 0.816. The second-order valence-corrected chi connectivity index (χ2v) is 4.03. The number of benzene rings is 1. The lowest BCUT2D eigenvalue weighted by Gasteiger charge is -2.16. The summed E-state index contributed by atoms with van der Waals surface area (Å²) in [7, 11) is 1.61. The van der Waals surface area contributed by atoms with Crippen molar-refractivity contribution in [3.8, 4) is 5.75 Å². The Balaban J connectivity index is 2.75. The van der Waals surface area contributed by atoms with Crippen molar-refractivity contribution in [1.82, 2.24) is 5.32 Å². The van der Waals surface area contributed by atoms with Crippen LogP contribution in [-0.4, -0.2) is 30.8 Å². The van der Waals surface area contributed by atoms with Crippen LogP contribution in [0.1, 0.15) is 29.3 Å². The van der Waals surface area contributed by atoms with Crippen LogP contribution in [-0.2, 0) is 4.74 Å². The van der Waals surface area contributed by atoms with Gasteiger partial charge >= 0.3 is 0 Å². The van der Waals surface area contributed by atoms with Crippen LogP contribution >= 0.6 is 0 Å². The summed E-state index contributed by atoms with van der Waals surface area (Å²) in [5, 5.41) is 12.2. The highest BCUT2D eigenvalue weighted by molar-refractivity contribution is 5.95. The Hall–Kier alpha value is -1.55. The molecule has 1 amide bonds. The van der Waals surface area contributed by atoms with E-state index in [1.807, 2.05) is 6.92 Å². The number of phenols is 1. The minimum atomic E-state index is -0.133. The van der Waals surface area contributed by atoms with Crippen LogP contribution in [0.5, 0.6) is 5.75 Å². The molecule has 1 unspecified atom stereocenters. The lowest BCUT2D eigenvalue weighted by atomic mass is 10.1. The van der Waals surface area contributed by atoms with Crippen molar-refractivity contribution in [2.24, 2.45) is 0 Å². The van der Waals surface area contributed by atoms with E-state index in [-0.39, 0.29) is 17.7 Å². The number of carbonyl (C=O) groups is 1. The van der Waals surface area contributed by atoms with E-state index in [1.54, 1.807) is 26.2 Å². The molecule has 4 nitrogen and oxygen atoms in total. The molecule has 1 rings (SSSR count). The highest BCUT2D eigenvalue weighted by Crippen LogP contribution is 2.15. The molecule has 0 saturated heterocycles. The minimum absolute atomic E-state index is 0.0145. The van der Waals surface area contributed by atoms with E-state index in [9.17, 15) is 9.90 Å². The molecule has 1 atom stereocenters. The van der Waals surface area contributed by atoms with Gasteiger partial charge < -0.3 is 15.2 Å². The lowest BCUT2D eigenvalue weighted by Crippen LogP contribution is -2.37. The molecule has 0 saturated carbocycles. The maximum absolute atomic E-state index is 12.0. The van der Waals surface area contributed by atoms with Gasteiger partial charge in [0.25, 0.3) is 5.91 Å². The molecule has 0 aliphatic carbocycles. The highest BCUT2D eigenvalue weighted by Gasteiger charge is 2.13. The first-order valence-electron chi connectivity index (χ1n) is 5.67. The Bertz CT molecular complexity index is 390. The van der Waals surface area contributed by atoms with Crippen LogP contribution in [0.25, 0.3) is 0 Å². The summed E-state index contributed by atoms with van der Waals surface area (Å²) in [6, 6.07) is 4.73. The zero-order valence-corrected chi connectivity index (χ0v) is 10.5. The Morgan fingerprint density at radius 2 is 2.24 bits per heavy atom. The number of hydrogen-bond acceptors (Lipinski definition) is 3. The van der Waals surface area contributed by atoms with E-state index in [1.165, 1.54) is 6.07 Å². The number of ether oxygens (including phenoxy) is 1. The van der Waals surface area contributed by atoms with Crippen LogP contribution in [0.15, 0.2) is 18.2 Å². The highest BCUT2D eigenvalue weighted by atomic mass is 16.5. The topological polar surface area (TPSA) is 58.6 Å². The molecule has 0 aliphatic rings. The fourth-order valence-electron chi connectivity index (χ4n) is 1.63. The van der Waals surface area contributed by atoms with Crippen molar-refractivity contribution in [3.05, 3.63) is 29.3 Å². The maximum atomic E-state index is 12.0. The van der Waals surface area contributed by atoms with Gasteiger partial charge in [-0.3, -0.25) is 4.79 Å². The third-order valence-corrected chi connectivity index (χ3v) is 2.65. The average molecular weight is 237 g/mol. The van der Waals surface area contributed by atoms with Gasteiger partial charge in [-0.2, -0.15) is 0 Å². The number of hydrogen-bond donors (Lipinski definition) is 2. The molecule has 0 radical (unpaired) electrons. The summed E-state index contributed by atoms with van der Waals surface area (Å²) in [6.45, 7) is 4.29. The SMILES string of the molecule is CCC(COC)NC(=O)c1ccc(O)cc1C. The van der Waals surface area contributed by atoms with Crippen LogP contribution in [0.3, 0.4) is 0 Å². The predicted octanol–water partition coefficient (Wildman–Crippen LogP) is 1.86. The molecule has 0 aromatic heterocycles. The Morgan fingerprint density at radius 3 is 2.76 bits per heavy atom. The van der Waals surface area contributed by atoms with E-state index in [0.717, 1.165) is 12.0 Å². The molecule has 1 aromatic carbocycles. The number of aromatic hydroxyl groups is 1. The number of phenolic OH excluding ortho intramolecular Hbond substituents is 1. The van der Waals surface area contributed by atoms with Gasteiger partial charge in [0.05, 0.1) is 12.6 Å². The van der Waals surface area contributed by atoms with Crippen LogP contribution in [0.2, 0.25) is 0 Å². The maximum Gasteiger partial charge on any atom is 0.251 e. The summed E-state index contributed by atoms with van der Waals surface area (Å²) in [5.41, 5.74) is 1.34. The first-order valence-corrected chi connectivity index (χ1v) is 5.67. The molecular formula is C13H19NO3. The predicted molar refractivity (Wildman–Crippen MR) is 66.3 cm³/mol. The summed E-state index contributed by atoms with van der Waals surface area (Å²) in [4.78, 5) is 12.0. The fraction of sp³-hybridized carbons (Fsp3) is 0.462. The first kappa shape index (κ1) is 13.5. The van der Waals surface area contributed by atoms with Crippen molar-refractivity contribution in [1.29, 1.82) is 0 Å². The van der Waals surface area contributed by atoms with E-state index in [4.69, 9.17) is 4.74 Å². The molecule has 17 heavy (non-hydrogen) atoms. The summed E-state index contributed by atoms with van der Waals surface area (Å²) in [5.74, 6) is 0.0365. The Kier molecular flexibility index (Phi) is 4.97. The van der Waals surface area contributed by atoms with Crippen molar-refractivity contribution < 1.29 is 14.6 Å². The minimum Gasteiger partial charge on any atom is -0.508 e. The number of aryl methyl sites for hydroxylation is 1. The van der Waals surface area contributed by atoms with Crippen LogP contribution in [0.4, 0.5) is 0 Å². The fourth-order valence-corrected chi connectivity index (χ4v) is 1.63. The van der Waals surface area contributed by atoms with Gasteiger partial charge in [-0.15, -0.1) is 0 Å². The standard InChI is InChI=1S/C13H19NO3/c1-4-10(8-17-3)14-13(16)12-6-5-11(15)7-9(12)2/h5-7,10,15H,4,8H2,1-3H3,(H,14,16). The number of nitrogens with one attached hydrogen (secondary N) is 1. The van der Waals surface area contributed by atoms with Crippen molar-refractivity contribution >= 4 is 5.91 Å². The van der Waals surface area contributed by atoms with Gasteiger partial charge in [-0.1, -0.05) is 6.92 Å². The second kappa shape index (κ2) is 6.25. The zero-order valence-electron chi connectivity index (χ0n) is 10.5. The molecule has 0 aliphatic heterocycles. The molecular weight excluding hydrogens is 218 g/mol. The van der Waals surface area contributed by atoms with E-state index in [2.05, 4.69) is 5.32 Å². The largest absolute Gasteiger partial charge is 0.508 e. The van der Waals surface area contributed by atoms with Crippen molar-refractivity contribution in [2.45, 2.75) is 26.3 Å². The van der Waals surface area contributed by atoms with Gasteiger partial charge in [0.2, 0.25) is 0 Å². The van der Waals surface area contributed by atoms with Gasteiger partial charge in [-0.25, -0.2) is 0 Å². The van der Waals surface area contributed by atoms with Gasteiger partial charge in [0.1, 0.15) is 5.75 Å². The average Bonchev–Trinajstić information content (AvgIpc) is 2.28. The number of amides is 1. The normalized spacial score (nSPS) is 12.2. The monoisotopic (exact) mass is 237 g/mol. The molecule has 0 fully saturated rings. The summed E-state index contributed by atoms with van der Waals surface area (Å²) < 4.78 is 5.03. The van der Waals surface area contributed by atoms with Gasteiger partial charge in [-0.05, 0) is 37.1 Å².